The highest BCUT2D eigenvalue weighted by Gasteiger charge is 2.21. The van der Waals surface area contributed by atoms with Crippen molar-refractivity contribution in [3.05, 3.63) is 99.0 Å². The SMILES string of the molecule is CC(OC(=O)Cn1c2ccccc2c(=O)c2ccccc21)c1nnc(-c2ccc([N+](=O)[O-])cc2)o1. The van der Waals surface area contributed by atoms with Gasteiger partial charge in [-0.3, -0.25) is 19.7 Å². The first kappa shape index (κ1) is 22.0. The first-order chi connectivity index (χ1) is 16.9. The minimum atomic E-state index is -0.835. The van der Waals surface area contributed by atoms with Gasteiger partial charge in [0.15, 0.2) is 11.5 Å². The van der Waals surface area contributed by atoms with E-state index in [1.807, 2.05) is 0 Å². The smallest absolute Gasteiger partial charge is 0.326 e. The first-order valence-electron chi connectivity index (χ1n) is 10.7. The van der Waals surface area contributed by atoms with Crippen LogP contribution in [0.1, 0.15) is 18.9 Å². The van der Waals surface area contributed by atoms with E-state index in [2.05, 4.69) is 10.2 Å². The van der Waals surface area contributed by atoms with Gasteiger partial charge in [0.05, 0.1) is 16.0 Å². The van der Waals surface area contributed by atoms with Gasteiger partial charge in [-0.25, -0.2) is 0 Å². The van der Waals surface area contributed by atoms with Crippen molar-refractivity contribution in [2.75, 3.05) is 0 Å². The third kappa shape index (κ3) is 4.12. The van der Waals surface area contributed by atoms with E-state index < -0.39 is 17.0 Å². The lowest BCUT2D eigenvalue weighted by atomic mass is 10.1. The summed E-state index contributed by atoms with van der Waals surface area (Å²) in [4.78, 5) is 36.1. The Kier molecular flexibility index (Phi) is 5.54. The van der Waals surface area contributed by atoms with Crippen LogP contribution in [0, 0.1) is 10.1 Å². The molecule has 35 heavy (non-hydrogen) atoms. The molecule has 1 atom stereocenters. The fourth-order valence-corrected chi connectivity index (χ4v) is 3.90. The predicted octanol–water partition coefficient (Wildman–Crippen LogP) is 4.42. The summed E-state index contributed by atoms with van der Waals surface area (Å²) in [6, 6.07) is 19.9. The molecule has 0 aliphatic heterocycles. The number of nitrogens with zero attached hydrogens (tertiary/aromatic N) is 4. The van der Waals surface area contributed by atoms with Crippen molar-refractivity contribution in [2.45, 2.75) is 19.6 Å². The molecule has 10 nitrogen and oxygen atoms in total. The van der Waals surface area contributed by atoms with Crippen LogP contribution in [0.25, 0.3) is 33.3 Å². The number of nitro benzene ring substituents is 1. The van der Waals surface area contributed by atoms with Crippen LogP contribution in [0.5, 0.6) is 0 Å². The third-order valence-corrected chi connectivity index (χ3v) is 5.59. The molecule has 2 aromatic heterocycles. The van der Waals surface area contributed by atoms with E-state index >= 15 is 0 Å². The Morgan fingerprint density at radius 2 is 1.60 bits per heavy atom. The zero-order valence-electron chi connectivity index (χ0n) is 18.5. The van der Waals surface area contributed by atoms with E-state index in [-0.39, 0.29) is 29.4 Å². The molecule has 174 valence electrons. The van der Waals surface area contributed by atoms with Crippen LogP contribution in [0.2, 0.25) is 0 Å². The largest absolute Gasteiger partial charge is 0.451 e. The quantitative estimate of drug-likeness (QED) is 0.154. The van der Waals surface area contributed by atoms with Crippen molar-refractivity contribution >= 4 is 33.5 Å². The summed E-state index contributed by atoms with van der Waals surface area (Å²) < 4.78 is 12.9. The molecule has 2 heterocycles. The number of pyridine rings is 1. The zero-order chi connectivity index (χ0) is 24.5. The molecule has 0 amide bonds. The second-order valence-electron chi connectivity index (χ2n) is 7.83. The number of aromatic nitrogens is 3. The van der Waals surface area contributed by atoms with Crippen LogP contribution < -0.4 is 5.43 Å². The fourth-order valence-electron chi connectivity index (χ4n) is 3.90. The number of non-ortho nitro benzene ring substituents is 1. The van der Waals surface area contributed by atoms with E-state index in [4.69, 9.17) is 9.15 Å². The minimum absolute atomic E-state index is 0.0571. The molecule has 5 rings (SSSR count). The highest BCUT2D eigenvalue weighted by molar-refractivity contribution is 5.94. The average Bonchev–Trinajstić information content (AvgIpc) is 3.37. The molecule has 0 aliphatic rings. The molecule has 0 aliphatic carbocycles. The molecular weight excluding hydrogens is 452 g/mol. The Morgan fingerprint density at radius 3 is 2.20 bits per heavy atom. The maximum absolute atomic E-state index is 12.9. The summed E-state index contributed by atoms with van der Waals surface area (Å²) in [5, 5.41) is 19.7. The highest BCUT2D eigenvalue weighted by atomic mass is 16.6. The van der Waals surface area contributed by atoms with Crippen molar-refractivity contribution in [1.82, 2.24) is 14.8 Å². The lowest BCUT2D eigenvalue weighted by Crippen LogP contribution is -2.19. The van der Waals surface area contributed by atoms with Gasteiger partial charge in [-0.15, -0.1) is 10.2 Å². The average molecular weight is 470 g/mol. The van der Waals surface area contributed by atoms with Gasteiger partial charge in [-0.2, -0.15) is 0 Å². The summed E-state index contributed by atoms with van der Waals surface area (Å²) in [7, 11) is 0. The third-order valence-electron chi connectivity index (χ3n) is 5.59. The zero-order valence-corrected chi connectivity index (χ0v) is 18.5. The Hall–Kier alpha value is -4.86. The number of carbonyl (C=O) groups is 1. The van der Waals surface area contributed by atoms with Gasteiger partial charge in [0.25, 0.3) is 11.6 Å². The van der Waals surface area contributed by atoms with Gasteiger partial charge in [0, 0.05) is 28.5 Å². The number of nitro groups is 1. The lowest BCUT2D eigenvalue weighted by molar-refractivity contribution is -0.384. The van der Waals surface area contributed by atoms with Crippen molar-refractivity contribution in [1.29, 1.82) is 0 Å². The molecular formula is C25H18N4O6. The predicted molar refractivity (Wildman–Crippen MR) is 127 cm³/mol. The summed E-state index contributed by atoms with van der Waals surface area (Å²) in [5.41, 5.74) is 1.59. The number of ether oxygens (including phenoxy) is 1. The van der Waals surface area contributed by atoms with Gasteiger partial charge >= 0.3 is 5.97 Å². The second-order valence-corrected chi connectivity index (χ2v) is 7.83. The molecule has 0 radical (unpaired) electrons. The van der Waals surface area contributed by atoms with Gasteiger partial charge < -0.3 is 13.7 Å². The van der Waals surface area contributed by atoms with E-state index in [0.717, 1.165) is 0 Å². The normalized spacial score (nSPS) is 12.0. The Balaban J connectivity index is 1.38. The van der Waals surface area contributed by atoms with Crippen molar-refractivity contribution < 1.29 is 18.9 Å². The lowest BCUT2D eigenvalue weighted by Gasteiger charge is -2.16. The Morgan fingerprint density at radius 1 is 1.00 bits per heavy atom. The number of fused-ring (bicyclic) bond motifs is 2. The van der Waals surface area contributed by atoms with Crippen LogP contribution in [0.4, 0.5) is 5.69 Å². The summed E-state index contributed by atoms with van der Waals surface area (Å²) in [6.45, 7) is 1.47. The van der Waals surface area contributed by atoms with Gasteiger partial charge in [-0.05, 0) is 43.3 Å². The number of hydrogen-bond acceptors (Lipinski definition) is 8. The molecule has 3 aromatic carbocycles. The van der Waals surface area contributed by atoms with E-state index in [1.54, 1.807) is 60.0 Å². The maximum Gasteiger partial charge on any atom is 0.326 e. The molecule has 0 saturated heterocycles. The van der Waals surface area contributed by atoms with Gasteiger partial charge in [0.2, 0.25) is 5.89 Å². The van der Waals surface area contributed by atoms with Gasteiger partial charge in [0.1, 0.15) is 6.54 Å². The van der Waals surface area contributed by atoms with E-state index in [9.17, 15) is 19.7 Å². The van der Waals surface area contributed by atoms with Crippen LogP contribution in [-0.4, -0.2) is 25.7 Å². The molecule has 1 unspecified atom stereocenters. The summed E-state index contributed by atoms with van der Waals surface area (Å²) >= 11 is 0. The van der Waals surface area contributed by atoms with Crippen molar-refractivity contribution in [3.8, 4) is 11.5 Å². The number of para-hydroxylation sites is 2. The first-order valence-corrected chi connectivity index (χ1v) is 10.7. The van der Waals surface area contributed by atoms with E-state index in [0.29, 0.717) is 27.4 Å². The van der Waals surface area contributed by atoms with Crippen LogP contribution in [0.3, 0.4) is 0 Å². The second kappa shape index (κ2) is 8.82. The molecule has 10 heteroatoms. The fraction of sp³-hybridized carbons (Fsp3) is 0.120. The van der Waals surface area contributed by atoms with Crippen LogP contribution in [-0.2, 0) is 16.1 Å². The standard InChI is InChI=1S/C25H18N4O6/c1-15(24-26-27-25(35-24)16-10-12-17(13-11-16)29(32)33)34-22(30)14-28-20-8-4-2-6-18(20)23(31)19-7-3-5-9-21(19)28/h2-13,15H,14H2,1H3. The molecule has 0 spiro atoms. The topological polar surface area (TPSA) is 130 Å². The summed E-state index contributed by atoms with van der Waals surface area (Å²) in [6.07, 6.45) is -0.835. The molecule has 0 N–H and O–H groups in total. The minimum Gasteiger partial charge on any atom is -0.451 e. The Labute approximate surface area is 197 Å². The number of hydrogen-bond donors (Lipinski definition) is 0. The number of carbonyl (C=O) groups excluding carboxylic acids is 1. The number of rotatable bonds is 6. The monoisotopic (exact) mass is 470 g/mol. The van der Waals surface area contributed by atoms with E-state index in [1.165, 1.54) is 24.3 Å². The number of esters is 1. The van der Waals surface area contributed by atoms with Gasteiger partial charge in [-0.1, -0.05) is 24.3 Å². The molecule has 5 aromatic rings. The highest BCUT2D eigenvalue weighted by Crippen LogP contribution is 2.25. The Bertz CT molecular complexity index is 1580. The summed E-state index contributed by atoms with van der Waals surface area (Å²) in [5.74, 6) is -0.317. The maximum atomic E-state index is 12.9. The van der Waals surface area contributed by atoms with Crippen LogP contribution >= 0.6 is 0 Å². The van der Waals surface area contributed by atoms with Crippen LogP contribution in [0.15, 0.2) is 82.0 Å². The van der Waals surface area contributed by atoms with Crippen molar-refractivity contribution in [2.24, 2.45) is 0 Å². The number of benzene rings is 3. The molecule has 0 fully saturated rings. The molecule has 0 saturated carbocycles. The molecule has 0 bridgehead atoms. The van der Waals surface area contributed by atoms with Crippen molar-refractivity contribution in [3.63, 3.8) is 0 Å².